The topological polar surface area (TPSA) is 62.5 Å². The Morgan fingerprint density at radius 3 is 2.52 bits per heavy atom. The van der Waals surface area contributed by atoms with Crippen LogP contribution in [-0.4, -0.2) is 24.5 Å². The van der Waals surface area contributed by atoms with E-state index in [1.165, 1.54) is 12.8 Å². The smallest absolute Gasteiger partial charge is 0.213 e. The fourth-order valence-corrected chi connectivity index (χ4v) is 1.70. The molecule has 0 atom stereocenters. The summed E-state index contributed by atoms with van der Waals surface area (Å²) < 4.78 is 5.73. The van der Waals surface area contributed by atoms with Crippen molar-refractivity contribution in [1.29, 1.82) is 0 Å². The van der Waals surface area contributed by atoms with Crippen LogP contribution in [0.25, 0.3) is 0 Å². The molecule has 2 N–H and O–H groups in total. The molecule has 0 fully saturated rings. The lowest BCUT2D eigenvalue weighted by Gasteiger charge is -2.13. The summed E-state index contributed by atoms with van der Waals surface area (Å²) in [6.45, 7) is 10.0. The fourth-order valence-electron chi connectivity index (χ4n) is 1.70. The molecule has 5 nitrogen and oxygen atoms in total. The van der Waals surface area contributed by atoms with E-state index < -0.39 is 0 Å². The molecule has 6 heteroatoms. The first kappa shape index (κ1) is 20.2. The van der Waals surface area contributed by atoms with Crippen molar-refractivity contribution in [3.05, 3.63) is 17.8 Å². The van der Waals surface area contributed by atoms with Crippen LogP contribution in [0.4, 0.5) is 0 Å². The Labute approximate surface area is 145 Å². The van der Waals surface area contributed by atoms with E-state index in [-0.39, 0.29) is 29.4 Å². The highest BCUT2D eigenvalue weighted by atomic mass is 127. The maximum absolute atomic E-state index is 5.73. The molecular weight excluding hydrogens is 379 g/mol. The van der Waals surface area contributed by atoms with Crippen LogP contribution in [0.3, 0.4) is 0 Å². The molecule has 0 radical (unpaired) electrons. The number of hydrogen-bond acceptors (Lipinski definition) is 3. The number of aliphatic imine (C=N–C) groups is 1. The van der Waals surface area contributed by atoms with Crippen LogP contribution in [0, 0.1) is 0 Å². The van der Waals surface area contributed by atoms with E-state index in [0.717, 1.165) is 24.7 Å². The zero-order chi connectivity index (χ0) is 15.0. The standard InChI is InChI=1S/C15H28N4O.HI/c1-6-7-8-9-17-14(16-5)19-11-13-18-10-12(20-13)15(2,3)4;/h10H,6-9,11H2,1-5H3,(H2,16,17,19);1H. The highest BCUT2D eigenvalue weighted by Gasteiger charge is 2.19. The third-order valence-corrected chi connectivity index (χ3v) is 3.00. The van der Waals surface area contributed by atoms with Gasteiger partial charge in [-0.15, -0.1) is 24.0 Å². The van der Waals surface area contributed by atoms with Gasteiger partial charge in [0.15, 0.2) is 5.96 Å². The first-order valence-electron chi connectivity index (χ1n) is 7.37. The average Bonchev–Trinajstić information content (AvgIpc) is 2.87. The molecule has 1 aromatic heterocycles. The highest BCUT2D eigenvalue weighted by molar-refractivity contribution is 14.0. The molecule has 0 aliphatic carbocycles. The summed E-state index contributed by atoms with van der Waals surface area (Å²) >= 11 is 0. The van der Waals surface area contributed by atoms with E-state index in [4.69, 9.17) is 4.42 Å². The Balaban J connectivity index is 0.00000400. The Morgan fingerprint density at radius 2 is 2.00 bits per heavy atom. The molecule has 0 aliphatic heterocycles. The predicted octanol–water partition coefficient (Wildman–Crippen LogP) is 3.45. The maximum Gasteiger partial charge on any atom is 0.213 e. The number of rotatable bonds is 6. The quantitative estimate of drug-likeness (QED) is 0.328. The van der Waals surface area contributed by atoms with Gasteiger partial charge in [0.2, 0.25) is 5.89 Å². The molecule has 21 heavy (non-hydrogen) atoms. The zero-order valence-electron chi connectivity index (χ0n) is 13.8. The van der Waals surface area contributed by atoms with Crippen LogP contribution >= 0.6 is 24.0 Å². The number of guanidine groups is 1. The summed E-state index contributed by atoms with van der Waals surface area (Å²) in [7, 11) is 1.77. The number of aromatic nitrogens is 1. The molecule has 0 spiro atoms. The van der Waals surface area contributed by atoms with Gasteiger partial charge in [-0.1, -0.05) is 40.5 Å². The van der Waals surface area contributed by atoms with Gasteiger partial charge in [0.25, 0.3) is 0 Å². The van der Waals surface area contributed by atoms with Crippen LogP contribution in [0.2, 0.25) is 0 Å². The molecule has 0 saturated carbocycles. The second-order valence-corrected chi connectivity index (χ2v) is 5.93. The van der Waals surface area contributed by atoms with E-state index in [1.807, 2.05) is 0 Å². The van der Waals surface area contributed by atoms with Crippen molar-refractivity contribution >= 4 is 29.9 Å². The number of nitrogens with one attached hydrogen (secondary N) is 2. The van der Waals surface area contributed by atoms with Crippen LogP contribution in [-0.2, 0) is 12.0 Å². The fraction of sp³-hybridized carbons (Fsp3) is 0.733. The number of oxazole rings is 1. The molecule has 1 aromatic rings. The number of hydrogen-bond donors (Lipinski definition) is 2. The lowest BCUT2D eigenvalue weighted by molar-refractivity contribution is 0.379. The van der Waals surface area contributed by atoms with E-state index in [9.17, 15) is 0 Å². The molecule has 1 heterocycles. The average molecular weight is 408 g/mol. The Bertz CT molecular complexity index is 424. The minimum atomic E-state index is -0.00860. The van der Waals surface area contributed by atoms with Gasteiger partial charge >= 0.3 is 0 Å². The monoisotopic (exact) mass is 408 g/mol. The SMILES string of the molecule is CCCCCNC(=NC)NCc1ncc(C(C)(C)C)o1.I. The molecule has 1 rings (SSSR count). The van der Waals surface area contributed by atoms with Crippen molar-refractivity contribution in [3.8, 4) is 0 Å². The molecule has 0 bridgehead atoms. The van der Waals surface area contributed by atoms with Crippen LogP contribution in [0.5, 0.6) is 0 Å². The van der Waals surface area contributed by atoms with Gasteiger partial charge in [0, 0.05) is 19.0 Å². The van der Waals surface area contributed by atoms with Crippen molar-refractivity contribution < 1.29 is 4.42 Å². The van der Waals surface area contributed by atoms with Gasteiger partial charge in [-0.05, 0) is 6.42 Å². The van der Waals surface area contributed by atoms with Gasteiger partial charge < -0.3 is 15.1 Å². The Hall–Kier alpha value is -0.790. The van der Waals surface area contributed by atoms with E-state index in [2.05, 4.69) is 48.3 Å². The van der Waals surface area contributed by atoms with Crippen LogP contribution in [0.15, 0.2) is 15.6 Å². The van der Waals surface area contributed by atoms with Crippen molar-refractivity contribution in [2.75, 3.05) is 13.6 Å². The largest absolute Gasteiger partial charge is 0.443 e. The molecule has 0 unspecified atom stereocenters. The molecule has 122 valence electrons. The van der Waals surface area contributed by atoms with Gasteiger partial charge in [0.1, 0.15) is 5.76 Å². The molecule has 0 saturated heterocycles. The van der Waals surface area contributed by atoms with Gasteiger partial charge in [-0.2, -0.15) is 0 Å². The lowest BCUT2D eigenvalue weighted by atomic mass is 9.94. The summed E-state index contributed by atoms with van der Waals surface area (Å²) in [6, 6.07) is 0. The Morgan fingerprint density at radius 1 is 1.29 bits per heavy atom. The molecule has 0 aromatic carbocycles. The van der Waals surface area contributed by atoms with E-state index >= 15 is 0 Å². The summed E-state index contributed by atoms with van der Waals surface area (Å²) in [5.41, 5.74) is -0.00860. The summed E-state index contributed by atoms with van der Waals surface area (Å²) in [5, 5.41) is 6.49. The summed E-state index contributed by atoms with van der Waals surface area (Å²) in [5.74, 6) is 2.38. The highest BCUT2D eigenvalue weighted by Crippen LogP contribution is 2.22. The zero-order valence-corrected chi connectivity index (χ0v) is 16.2. The third-order valence-electron chi connectivity index (χ3n) is 3.00. The number of halogens is 1. The minimum Gasteiger partial charge on any atom is -0.443 e. The van der Waals surface area contributed by atoms with Crippen LogP contribution in [0.1, 0.15) is 58.6 Å². The van der Waals surface area contributed by atoms with E-state index in [0.29, 0.717) is 12.4 Å². The van der Waals surface area contributed by atoms with Gasteiger partial charge in [-0.25, -0.2) is 4.98 Å². The molecular formula is C15H29IN4O. The second-order valence-electron chi connectivity index (χ2n) is 5.93. The summed E-state index contributed by atoms with van der Waals surface area (Å²) in [6.07, 6.45) is 5.41. The number of unbranched alkanes of at least 4 members (excludes halogenated alkanes) is 2. The lowest BCUT2D eigenvalue weighted by Crippen LogP contribution is -2.37. The summed E-state index contributed by atoms with van der Waals surface area (Å²) in [4.78, 5) is 8.47. The normalized spacial score (nSPS) is 12.0. The molecule has 0 aliphatic rings. The van der Waals surface area contributed by atoms with E-state index in [1.54, 1.807) is 13.2 Å². The minimum absolute atomic E-state index is 0. The molecule has 0 amide bonds. The second kappa shape index (κ2) is 10.0. The van der Waals surface area contributed by atoms with Crippen molar-refractivity contribution in [1.82, 2.24) is 15.6 Å². The van der Waals surface area contributed by atoms with Gasteiger partial charge in [0.05, 0.1) is 12.7 Å². The Kier molecular flexibility index (Phi) is 9.65. The first-order chi connectivity index (χ1) is 9.47. The van der Waals surface area contributed by atoms with Crippen molar-refractivity contribution in [3.63, 3.8) is 0 Å². The van der Waals surface area contributed by atoms with Crippen LogP contribution < -0.4 is 10.6 Å². The third kappa shape index (κ3) is 7.68. The maximum atomic E-state index is 5.73. The predicted molar refractivity (Wildman–Crippen MR) is 98.3 cm³/mol. The first-order valence-corrected chi connectivity index (χ1v) is 7.37. The van der Waals surface area contributed by atoms with Crippen molar-refractivity contribution in [2.45, 2.75) is 58.9 Å². The number of nitrogens with zero attached hydrogens (tertiary/aromatic N) is 2. The van der Waals surface area contributed by atoms with Gasteiger partial charge in [-0.3, -0.25) is 4.99 Å². The van der Waals surface area contributed by atoms with Crippen molar-refractivity contribution in [2.24, 2.45) is 4.99 Å².